The molecule has 0 saturated carbocycles. The number of piperidine rings is 1. The molecule has 2 amide bonds. The van der Waals surface area contributed by atoms with E-state index in [2.05, 4.69) is 17.6 Å². The zero-order chi connectivity index (χ0) is 16.2. The van der Waals surface area contributed by atoms with Crippen molar-refractivity contribution in [2.75, 3.05) is 46.4 Å². The molecule has 1 saturated heterocycles. The van der Waals surface area contributed by atoms with Crippen molar-refractivity contribution in [1.82, 2.24) is 15.5 Å². The van der Waals surface area contributed by atoms with Crippen molar-refractivity contribution >= 4 is 11.8 Å². The topological polar surface area (TPSA) is 70.7 Å². The Bertz CT molecular complexity index is 297. The molecule has 1 aliphatic heterocycles. The lowest BCUT2D eigenvalue weighted by Gasteiger charge is -2.31. The molecule has 1 heterocycles. The average Bonchev–Trinajstić information content (AvgIpc) is 2.55. The summed E-state index contributed by atoms with van der Waals surface area (Å²) in [5.74, 6) is 0.325. The van der Waals surface area contributed by atoms with Gasteiger partial charge < -0.3 is 20.3 Å². The van der Waals surface area contributed by atoms with E-state index in [4.69, 9.17) is 4.74 Å². The second-order valence-electron chi connectivity index (χ2n) is 5.82. The predicted molar refractivity (Wildman–Crippen MR) is 86.6 cm³/mol. The fraction of sp³-hybridized carbons (Fsp3) is 0.875. The highest BCUT2D eigenvalue weighted by Crippen LogP contribution is 2.17. The van der Waals surface area contributed by atoms with Crippen molar-refractivity contribution in [3.63, 3.8) is 0 Å². The molecule has 0 spiro atoms. The molecule has 0 aliphatic carbocycles. The van der Waals surface area contributed by atoms with Crippen LogP contribution in [0.3, 0.4) is 0 Å². The number of methoxy groups -OCH3 is 1. The lowest BCUT2D eigenvalue weighted by molar-refractivity contribution is -0.134. The number of nitrogens with one attached hydrogen (secondary N) is 2. The van der Waals surface area contributed by atoms with Crippen LogP contribution in [0.4, 0.5) is 0 Å². The van der Waals surface area contributed by atoms with Gasteiger partial charge in [-0.3, -0.25) is 9.59 Å². The fourth-order valence-electron chi connectivity index (χ4n) is 2.60. The van der Waals surface area contributed by atoms with Crippen LogP contribution in [-0.2, 0) is 14.3 Å². The lowest BCUT2D eigenvalue weighted by Crippen LogP contribution is -2.46. The van der Waals surface area contributed by atoms with Crippen molar-refractivity contribution in [3.05, 3.63) is 0 Å². The molecule has 1 aliphatic rings. The van der Waals surface area contributed by atoms with Gasteiger partial charge in [0, 0.05) is 39.2 Å². The zero-order valence-electron chi connectivity index (χ0n) is 14.0. The Labute approximate surface area is 134 Å². The maximum atomic E-state index is 12.0. The monoisotopic (exact) mass is 313 g/mol. The van der Waals surface area contributed by atoms with Gasteiger partial charge in [0.1, 0.15) is 0 Å². The second-order valence-corrected chi connectivity index (χ2v) is 5.82. The van der Waals surface area contributed by atoms with Gasteiger partial charge >= 0.3 is 0 Å². The van der Waals surface area contributed by atoms with Crippen LogP contribution in [0, 0.1) is 5.92 Å². The van der Waals surface area contributed by atoms with Gasteiger partial charge in [-0.15, -0.1) is 0 Å². The van der Waals surface area contributed by atoms with Gasteiger partial charge in [0.05, 0.1) is 13.2 Å². The Kier molecular flexibility index (Phi) is 9.82. The normalized spacial score (nSPS) is 15.8. The van der Waals surface area contributed by atoms with Crippen molar-refractivity contribution < 1.29 is 14.3 Å². The lowest BCUT2D eigenvalue weighted by atomic mass is 9.96. The molecule has 0 atom stereocenters. The highest BCUT2D eigenvalue weighted by atomic mass is 16.5. The van der Waals surface area contributed by atoms with E-state index in [0.717, 1.165) is 38.6 Å². The van der Waals surface area contributed by atoms with Crippen LogP contribution >= 0.6 is 0 Å². The second kappa shape index (κ2) is 11.4. The first-order valence-electron chi connectivity index (χ1n) is 8.44. The number of likely N-dealkylation sites (tertiary alicyclic amines) is 1. The van der Waals surface area contributed by atoms with Gasteiger partial charge in [0.2, 0.25) is 11.8 Å². The number of amides is 2. The third-order valence-corrected chi connectivity index (χ3v) is 4.06. The molecule has 1 rings (SSSR count). The van der Waals surface area contributed by atoms with Crippen LogP contribution in [0.5, 0.6) is 0 Å². The maximum Gasteiger partial charge on any atom is 0.236 e. The summed E-state index contributed by atoms with van der Waals surface area (Å²) >= 11 is 0. The summed E-state index contributed by atoms with van der Waals surface area (Å²) in [6, 6.07) is 0. The Morgan fingerprint density at radius 3 is 2.55 bits per heavy atom. The summed E-state index contributed by atoms with van der Waals surface area (Å²) in [4.78, 5) is 25.9. The van der Waals surface area contributed by atoms with Gasteiger partial charge in [-0.2, -0.15) is 0 Å². The van der Waals surface area contributed by atoms with Crippen LogP contribution in [-0.4, -0.2) is 63.2 Å². The SMILES string of the molecule is CCCCCNC(=O)C1CCN(C(=O)CNCCOC)CC1. The van der Waals surface area contributed by atoms with Crippen LogP contribution in [0.25, 0.3) is 0 Å². The third-order valence-electron chi connectivity index (χ3n) is 4.06. The first kappa shape index (κ1) is 18.9. The van der Waals surface area contributed by atoms with Gasteiger partial charge in [0.15, 0.2) is 0 Å². The third kappa shape index (κ3) is 7.22. The van der Waals surface area contributed by atoms with E-state index in [1.54, 1.807) is 7.11 Å². The van der Waals surface area contributed by atoms with E-state index >= 15 is 0 Å². The number of rotatable bonds is 10. The minimum absolute atomic E-state index is 0.0622. The highest BCUT2D eigenvalue weighted by molar-refractivity contribution is 5.80. The minimum Gasteiger partial charge on any atom is -0.383 e. The highest BCUT2D eigenvalue weighted by Gasteiger charge is 2.26. The Hall–Kier alpha value is -1.14. The molecule has 0 unspecified atom stereocenters. The van der Waals surface area contributed by atoms with Gasteiger partial charge in [-0.25, -0.2) is 0 Å². The molecule has 128 valence electrons. The van der Waals surface area contributed by atoms with E-state index in [-0.39, 0.29) is 17.7 Å². The number of carbonyl (C=O) groups is 2. The molecule has 0 bridgehead atoms. The smallest absolute Gasteiger partial charge is 0.236 e. The molecule has 22 heavy (non-hydrogen) atoms. The summed E-state index contributed by atoms with van der Waals surface area (Å²) in [7, 11) is 1.64. The Morgan fingerprint density at radius 2 is 1.91 bits per heavy atom. The molecule has 0 aromatic rings. The Balaban J connectivity index is 2.16. The average molecular weight is 313 g/mol. The molecule has 6 nitrogen and oxygen atoms in total. The summed E-state index contributed by atoms with van der Waals surface area (Å²) in [5, 5.41) is 6.07. The van der Waals surface area contributed by atoms with Crippen molar-refractivity contribution in [2.45, 2.75) is 39.0 Å². The number of hydrogen-bond donors (Lipinski definition) is 2. The van der Waals surface area contributed by atoms with Crippen LogP contribution < -0.4 is 10.6 Å². The summed E-state index contributed by atoms with van der Waals surface area (Å²) in [6.07, 6.45) is 4.90. The summed E-state index contributed by atoms with van der Waals surface area (Å²) in [5.41, 5.74) is 0. The van der Waals surface area contributed by atoms with E-state index in [1.807, 2.05) is 4.90 Å². The number of unbranched alkanes of at least 4 members (excludes halogenated alkanes) is 2. The zero-order valence-corrected chi connectivity index (χ0v) is 14.0. The largest absolute Gasteiger partial charge is 0.383 e. The van der Waals surface area contributed by atoms with Crippen molar-refractivity contribution in [3.8, 4) is 0 Å². The van der Waals surface area contributed by atoms with Crippen molar-refractivity contribution in [2.24, 2.45) is 5.92 Å². The molecule has 2 N–H and O–H groups in total. The van der Waals surface area contributed by atoms with Crippen molar-refractivity contribution in [1.29, 1.82) is 0 Å². The molecule has 0 radical (unpaired) electrons. The first-order chi connectivity index (χ1) is 10.7. The van der Waals surface area contributed by atoms with E-state index in [1.165, 1.54) is 0 Å². The first-order valence-corrected chi connectivity index (χ1v) is 8.44. The maximum absolute atomic E-state index is 12.0. The summed E-state index contributed by atoms with van der Waals surface area (Å²) < 4.78 is 4.93. The van der Waals surface area contributed by atoms with E-state index in [9.17, 15) is 9.59 Å². The fourth-order valence-corrected chi connectivity index (χ4v) is 2.60. The van der Waals surface area contributed by atoms with Crippen LogP contribution in [0.2, 0.25) is 0 Å². The Morgan fingerprint density at radius 1 is 1.18 bits per heavy atom. The molecule has 6 heteroatoms. The quantitative estimate of drug-likeness (QED) is 0.584. The van der Waals surface area contributed by atoms with E-state index < -0.39 is 0 Å². The standard InChI is InChI=1S/C16H31N3O3/c1-3-4-5-8-18-16(21)14-6-10-19(11-7-14)15(20)13-17-9-12-22-2/h14,17H,3-13H2,1-2H3,(H,18,21). The van der Waals surface area contributed by atoms with Gasteiger partial charge in [0.25, 0.3) is 0 Å². The van der Waals surface area contributed by atoms with E-state index in [0.29, 0.717) is 32.8 Å². The molecular formula is C16H31N3O3. The molecule has 1 fully saturated rings. The number of ether oxygens (including phenoxy) is 1. The summed E-state index contributed by atoms with van der Waals surface area (Å²) in [6.45, 7) is 5.91. The number of hydrogen-bond acceptors (Lipinski definition) is 4. The van der Waals surface area contributed by atoms with Crippen LogP contribution in [0.15, 0.2) is 0 Å². The number of nitrogens with zero attached hydrogens (tertiary/aromatic N) is 1. The molecular weight excluding hydrogens is 282 g/mol. The molecule has 0 aromatic carbocycles. The predicted octanol–water partition coefficient (Wildman–Crippen LogP) is 0.767. The molecule has 0 aromatic heterocycles. The number of carbonyl (C=O) groups excluding carboxylic acids is 2. The van der Waals surface area contributed by atoms with Crippen LogP contribution in [0.1, 0.15) is 39.0 Å². The minimum atomic E-state index is 0.0622. The van der Waals surface area contributed by atoms with Gasteiger partial charge in [-0.05, 0) is 19.3 Å². The van der Waals surface area contributed by atoms with Gasteiger partial charge in [-0.1, -0.05) is 19.8 Å².